The Hall–Kier alpha value is -5.71. The molecule has 9 aromatic rings. The second-order valence-electron chi connectivity index (χ2n) is 15.0. The zero-order valence-corrected chi connectivity index (χ0v) is 38.2. The number of fused-ring (bicyclic) bond motifs is 3. The zero-order valence-electron chi connectivity index (χ0n) is 34.2. The lowest BCUT2D eigenvalue weighted by Gasteiger charge is -2.26. The van der Waals surface area contributed by atoms with E-state index in [2.05, 4.69) is 179 Å². The van der Waals surface area contributed by atoms with Crippen LogP contribution in [0.3, 0.4) is 0 Å². The molecule has 0 aliphatic carbocycles. The molecule has 5 nitrogen and oxygen atoms in total. The molecule has 0 N–H and O–H groups in total. The number of rotatable bonds is 18. The first-order chi connectivity index (χ1) is 30.6. The number of unbranched alkanes of at least 4 members (excludes halogenated alkanes) is 5. The first-order valence-corrected chi connectivity index (χ1v) is 24.7. The highest BCUT2D eigenvalue weighted by Crippen LogP contribution is 2.37. The van der Waals surface area contributed by atoms with Crippen LogP contribution in [0.5, 0.6) is 0 Å². The van der Waals surface area contributed by atoms with Crippen LogP contribution in [0.2, 0.25) is 0 Å². The molecule has 62 heavy (non-hydrogen) atoms. The van der Waals surface area contributed by atoms with Crippen molar-refractivity contribution in [3.8, 4) is 0 Å². The Kier molecular flexibility index (Phi) is 13.7. The summed E-state index contributed by atoms with van der Waals surface area (Å²) in [5.74, 6) is 0.808. The number of hydrogen-bond acceptors (Lipinski definition) is 8. The molecule has 308 valence electrons. The van der Waals surface area contributed by atoms with Crippen LogP contribution < -0.4 is 4.90 Å². The number of ether oxygens (including phenoxy) is 1. The van der Waals surface area contributed by atoms with Gasteiger partial charge in [-0.3, -0.25) is 0 Å². The van der Waals surface area contributed by atoms with Crippen LogP contribution in [0.25, 0.3) is 66.8 Å². The van der Waals surface area contributed by atoms with Gasteiger partial charge in [0.15, 0.2) is 10.8 Å². The zero-order chi connectivity index (χ0) is 41.9. The van der Waals surface area contributed by atoms with Gasteiger partial charge in [-0.05, 0) is 121 Å². The van der Waals surface area contributed by atoms with Crippen molar-refractivity contribution in [3.63, 3.8) is 0 Å². The topological polar surface area (TPSA) is 51.1 Å². The van der Waals surface area contributed by atoms with Crippen LogP contribution in [0, 0.1) is 0 Å². The molecule has 6 aromatic carbocycles. The lowest BCUT2D eigenvalue weighted by molar-refractivity contribution is 0.268. The quantitative estimate of drug-likeness (QED) is 0.0487. The number of para-hydroxylation sites is 3. The monoisotopic (exact) mass is 928 g/mol. The highest BCUT2D eigenvalue weighted by molar-refractivity contribution is 9.09. The fourth-order valence-electron chi connectivity index (χ4n) is 7.31. The van der Waals surface area contributed by atoms with Crippen molar-refractivity contribution in [3.05, 3.63) is 177 Å². The molecule has 0 amide bonds. The van der Waals surface area contributed by atoms with Gasteiger partial charge < -0.3 is 9.64 Å². The summed E-state index contributed by atoms with van der Waals surface area (Å²) in [5, 5.41) is 3.97. The molecule has 0 atom stereocenters. The van der Waals surface area contributed by atoms with E-state index in [1.807, 2.05) is 18.2 Å². The van der Waals surface area contributed by atoms with Crippen LogP contribution >= 0.6 is 49.9 Å². The van der Waals surface area contributed by atoms with Gasteiger partial charge >= 0.3 is 0 Å². The molecule has 0 bridgehead atoms. The summed E-state index contributed by atoms with van der Waals surface area (Å²) in [4.78, 5) is 16.9. The van der Waals surface area contributed by atoms with Crippen LogP contribution in [0.15, 0.2) is 146 Å². The third-order valence-corrected chi connectivity index (χ3v) is 14.1. The number of aromatic nitrogens is 3. The van der Waals surface area contributed by atoms with E-state index in [0.29, 0.717) is 6.61 Å². The molecule has 0 spiro atoms. The van der Waals surface area contributed by atoms with Crippen molar-refractivity contribution in [1.29, 1.82) is 0 Å². The van der Waals surface area contributed by atoms with Crippen LogP contribution in [0.1, 0.15) is 70.2 Å². The molecule has 0 saturated heterocycles. The molecule has 0 radical (unpaired) electrons. The maximum absolute atomic E-state index is 6.60. The first-order valence-electron chi connectivity index (χ1n) is 21.1. The first kappa shape index (κ1) is 41.6. The minimum Gasteiger partial charge on any atom is -0.490 e. The van der Waals surface area contributed by atoms with Gasteiger partial charge in [-0.1, -0.05) is 127 Å². The van der Waals surface area contributed by atoms with Gasteiger partial charge in [0, 0.05) is 22.4 Å². The van der Waals surface area contributed by atoms with Gasteiger partial charge in [0.2, 0.25) is 0 Å². The summed E-state index contributed by atoms with van der Waals surface area (Å²) in [6.07, 6.45) is 17.8. The summed E-state index contributed by atoms with van der Waals surface area (Å²) in [5.41, 5.74) is 9.47. The van der Waals surface area contributed by atoms with E-state index < -0.39 is 0 Å². The molecule has 9 heteroatoms. The van der Waals surface area contributed by atoms with Gasteiger partial charge in [-0.2, -0.15) is 0 Å². The van der Waals surface area contributed by atoms with E-state index in [9.17, 15) is 0 Å². The summed E-state index contributed by atoms with van der Waals surface area (Å²) >= 11 is 8.64. The molecular weight excluding hydrogens is 885 g/mol. The van der Waals surface area contributed by atoms with Crippen LogP contribution in [0.4, 0.5) is 17.1 Å². The molecule has 9 rings (SSSR count). The number of thiazole rings is 3. The Morgan fingerprint density at radius 3 is 1.55 bits per heavy atom. The predicted molar refractivity (Wildman–Crippen MR) is 273 cm³/mol. The molecule has 3 heterocycles. The highest BCUT2D eigenvalue weighted by atomic mass is 79.9. The van der Waals surface area contributed by atoms with Crippen LogP contribution in [-0.2, 0) is 4.74 Å². The number of anilines is 3. The third-order valence-electron chi connectivity index (χ3n) is 10.5. The standard InChI is InChI=1S/C53H45BrN4OS3/c54-34-11-3-1-2-4-12-35-59-47(53-57-46-18-7-10-21-50(46)62-53)37-40-14-13-15-43(36-40)58(41-28-22-38(23-29-41)26-32-51-55-44-16-5-8-19-48(44)60-51)42-30-24-39(25-31-42)27-33-52-56-45-17-6-9-20-49(45)61-52/h5-10,13-33,36-37H,1-4,11-12,34-35H2. The maximum atomic E-state index is 6.60. The Morgan fingerprint density at radius 2 is 1.00 bits per heavy atom. The summed E-state index contributed by atoms with van der Waals surface area (Å²) in [6.45, 7) is 0.658. The van der Waals surface area contributed by atoms with Gasteiger partial charge in [0.1, 0.15) is 10.0 Å². The van der Waals surface area contributed by atoms with Gasteiger partial charge in [-0.25, -0.2) is 15.0 Å². The number of benzene rings is 6. The molecule has 0 fully saturated rings. The van der Waals surface area contributed by atoms with Gasteiger partial charge in [-0.15, -0.1) is 34.0 Å². The summed E-state index contributed by atoms with van der Waals surface area (Å²) < 4.78 is 10.1. The lowest BCUT2D eigenvalue weighted by atomic mass is 10.1. The van der Waals surface area contributed by atoms with E-state index in [-0.39, 0.29) is 0 Å². The fourth-order valence-corrected chi connectivity index (χ4v) is 10.4. The van der Waals surface area contributed by atoms with Gasteiger partial charge in [0.25, 0.3) is 0 Å². The second-order valence-corrected chi connectivity index (χ2v) is 18.9. The van der Waals surface area contributed by atoms with E-state index in [4.69, 9.17) is 19.7 Å². The summed E-state index contributed by atoms with van der Waals surface area (Å²) in [7, 11) is 0. The van der Waals surface area contributed by atoms with Crippen molar-refractivity contribution in [2.24, 2.45) is 0 Å². The Morgan fingerprint density at radius 1 is 0.484 bits per heavy atom. The second kappa shape index (κ2) is 20.4. The number of nitrogens with zero attached hydrogens (tertiary/aromatic N) is 4. The average molecular weight is 930 g/mol. The maximum Gasteiger partial charge on any atom is 0.159 e. The smallest absolute Gasteiger partial charge is 0.159 e. The molecule has 0 aliphatic heterocycles. The Labute approximate surface area is 383 Å². The average Bonchev–Trinajstić information content (AvgIpc) is 4.06. The lowest BCUT2D eigenvalue weighted by Crippen LogP contribution is -2.10. The molecular formula is C53H45BrN4OS3. The number of hydrogen-bond donors (Lipinski definition) is 0. The fraction of sp³-hybridized carbons (Fsp3) is 0.151. The summed E-state index contributed by atoms with van der Waals surface area (Å²) in [6, 6.07) is 51.0. The van der Waals surface area contributed by atoms with Crippen molar-refractivity contribution in [2.45, 2.75) is 38.5 Å². The van der Waals surface area contributed by atoms with E-state index in [1.165, 1.54) is 35.1 Å². The SMILES string of the molecule is BrCCCCCCCCOC(=Cc1cccc(N(c2ccc(C=Cc3nc4ccccc4s3)cc2)c2ccc(C=Cc3nc4ccccc4s3)cc2)c1)c1nc2ccccc2s1. The van der Waals surface area contributed by atoms with Crippen LogP contribution in [-0.4, -0.2) is 26.9 Å². The van der Waals surface area contributed by atoms with Crippen molar-refractivity contribution in [2.75, 3.05) is 16.8 Å². The normalized spacial score (nSPS) is 12.1. The minimum atomic E-state index is 0.658. The third kappa shape index (κ3) is 10.5. The molecule has 3 aromatic heterocycles. The molecule has 0 saturated carbocycles. The van der Waals surface area contributed by atoms with Crippen molar-refractivity contribution in [1.82, 2.24) is 15.0 Å². The molecule has 0 aliphatic rings. The van der Waals surface area contributed by atoms with E-state index in [0.717, 1.165) is 94.0 Å². The predicted octanol–water partition coefficient (Wildman–Crippen LogP) is 16.6. The van der Waals surface area contributed by atoms with Crippen molar-refractivity contribution < 1.29 is 4.74 Å². The van der Waals surface area contributed by atoms with E-state index in [1.54, 1.807) is 34.0 Å². The Balaban J connectivity index is 1.01. The molecule has 0 unspecified atom stereocenters. The van der Waals surface area contributed by atoms with E-state index >= 15 is 0 Å². The number of alkyl halides is 1. The largest absolute Gasteiger partial charge is 0.490 e. The highest BCUT2D eigenvalue weighted by Gasteiger charge is 2.15. The van der Waals surface area contributed by atoms with Gasteiger partial charge in [0.05, 0.1) is 37.3 Å². The number of halogens is 1. The Bertz CT molecular complexity index is 2750. The minimum absolute atomic E-state index is 0.658. The van der Waals surface area contributed by atoms with Crippen molar-refractivity contribution >= 4 is 134 Å².